The van der Waals surface area contributed by atoms with Gasteiger partial charge in [0.25, 0.3) is 0 Å². The van der Waals surface area contributed by atoms with Crippen molar-refractivity contribution in [3.8, 4) is 5.75 Å². The summed E-state index contributed by atoms with van der Waals surface area (Å²) in [7, 11) is 2.67. The minimum Gasteiger partial charge on any atom is -0.507 e. The van der Waals surface area contributed by atoms with Gasteiger partial charge in [0.1, 0.15) is 11.3 Å². The smallest absolute Gasteiger partial charge is 0.341 e. The second-order valence-electron chi connectivity index (χ2n) is 12.2. The minimum atomic E-state index is -0.524. The van der Waals surface area contributed by atoms with Crippen LogP contribution in [0.5, 0.6) is 5.75 Å². The van der Waals surface area contributed by atoms with E-state index in [1.807, 2.05) is 86.7 Å². The zero-order valence-corrected chi connectivity index (χ0v) is 38.9. The normalized spacial score (nSPS) is 9.74. The first kappa shape index (κ1) is 49.0. The number of methoxy groups -OCH3 is 2. The predicted octanol–water partition coefficient (Wildman–Crippen LogP) is 10.9. The summed E-state index contributed by atoms with van der Waals surface area (Å²) >= 11 is 6.51. The van der Waals surface area contributed by atoms with Gasteiger partial charge in [0.15, 0.2) is 0 Å². The minimum absolute atomic E-state index is 0.0475. The lowest BCUT2D eigenvalue weighted by Gasteiger charge is -2.02. The summed E-state index contributed by atoms with van der Waals surface area (Å²) in [6.45, 7) is 14.7. The Morgan fingerprint density at radius 2 is 0.889 bits per heavy atom. The van der Waals surface area contributed by atoms with E-state index in [4.69, 9.17) is 10.2 Å². The number of phenolic OH excluding ortho intramolecular Hbond substituents is 1. The second-order valence-corrected chi connectivity index (χ2v) is 15.9. The maximum atomic E-state index is 11.1. The highest BCUT2D eigenvalue weighted by molar-refractivity contribution is 14.1. The summed E-state index contributed by atoms with van der Waals surface area (Å²) in [6.07, 6.45) is 1.14. The summed E-state index contributed by atoms with van der Waals surface area (Å²) in [5.74, 6) is -0.846. The van der Waals surface area contributed by atoms with Crippen molar-refractivity contribution in [1.29, 1.82) is 0 Å². The third-order valence-corrected chi connectivity index (χ3v) is 9.99. The first-order chi connectivity index (χ1) is 25.5. The largest absolute Gasteiger partial charge is 0.507 e. The monoisotopic (exact) mass is 1070 g/mol. The molecule has 3 N–H and O–H groups in total. The van der Waals surface area contributed by atoms with Gasteiger partial charge in [-0.1, -0.05) is 60.5 Å². The third-order valence-electron chi connectivity index (χ3n) is 7.98. The molecular weight excluding hydrogens is 1020 g/mol. The highest BCUT2D eigenvalue weighted by Crippen LogP contribution is 2.20. The van der Waals surface area contributed by atoms with Crippen molar-refractivity contribution in [2.45, 2.75) is 68.1 Å². The Bertz CT molecular complexity index is 1770. The lowest BCUT2D eigenvalue weighted by atomic mass is 10.0. The van der Waals surface area contributed by atoms with Gasteiger partial charge in [0.2, 0.25) is 0 Å². The number of ether oxygens (including phenoxy) is 2. The van der Waals surface area contributed by atoms with Gasteiger partial charge in [0, 0.05) is 10.7 Å². The third kappa shape index (κ3) is 17.6. The molecule has 0 aliphatic carbocycles. The SMILES string of the molecule is CCc1ccc(C)cc1C.COC(=O)c1ccc(I)cc1C.COC(=O)c1ccc(I)cc1O.Cc1cc(I)ccc1CO.Cc1ccc(CO)c(C)c1. The number of hydrogen-bond donors (Lipinski definition) is 3. The van der Waals surface area contributed by atoms with Crippen LogP contribution in [0.15, 0.2) is 91.0 Å². The quantitative estimate of drug-likeness (QED) is 0.119. The van der Waals surface area contributed by atoms with E-state index in [-0.39, 0.29) is 30.5 Å². The van der Waals surface area contributed by atoms with Gasteiger partial charge in [-0.3, -0.25) is 0 Å². The Kier molecular flexibility index (Phi) is 23.5. The number of aliphatic hydroxyl groups excluding tert-OH is 2. The summed E-state index contributed by atoms with van der Waals surface area (Å²) in [5, 5.41) is 26.9. The maximum Gasteiger partial charge on any atom is 0.341 e. The van der Waals surface area contributed by atoms with Gasteiger partial charge in [-0.2, -0.15) is 0 Å². The van der Waals surface area contributed by atoms with Crippen molar-refractivity contribution >= 4 is 79.7 Å². The number of benzene rings is 5. The van der Waals surface area contributed by atoms with Crippen molar-refractivity contribution < 1.29 is 34.4 Å². The Balaban J connectivity index is 0.000000338. The molecule has 5 rings (SSSR count). The second kappa shape index (κ2) is 25.9. The first-order valence-corrected chi connectivity index (χ1v) is 20.3. The number of halogens is 3. The molecule has 10 heteroatoms. The van der Waals surface area contributed by atoms with Gasteiger partial charge < -0.3 is 24.8 Å². The summed E-state index contributed by atoms with van der Waals surface area (Å²) in [4.78, 5) is 22.1. The van der Waals surface area contributed by atoms with E-state index >= 15 is 0 Å². The Labute approximate surface area is 362 Å². The number of hydrogen-bond acceptors (Lipinski definition) is 7. The van der Waals surface area contributed by atoms with Crippen molar-refractivity contribution in [3.63, 3.8) is 0 Å². The fourth-order valence-corrected chi connectivity index (χ4v) is 6.62. The van der Waals surface area contributed by atoms with E-state index in [2.05, 4.69) is 106 Å². The summed E-state index contributed by atoms with van der Waals surface area (Å²) < 4.78 is 12.3. The predicted molar refractivity (Wildman–Crippen MR) is 244 cm³/mol. The molecule has 7 nitrogen and oxygen atoms in total. The van der Waals surface area contributed by atoms with Crippen molar-refractivity contribution in [2.75, 3.05) is 14.2 Å². The molecule has 0 atom stereocenters. The number of aromatic hydroxyl groups is 1. The fourth-order valence-electron chi connectivity index (χ4n) is 4.86. The summed E-state index contributed by atoms with van der Waals surface area (Å²) in [5.41, 5.74) is 11.6. The average molecular weight is 1070 g/mol. The molecule has 0 aromatic heterocycles. The standard InChI is InChI=1S/C10H14.C9H9IO2.C9H12O.C8H7IO3.C8H9IO/c1-4-10-6-5-8(2)7-9(10)3;1-6-5-7(10)3-4-8(6)9(11)12-2;1-7-3-4-9(6-10)8(2)5-7;1-12-8(11)6-3-2-5(9)4-7(6)10;1-6-4-8(9)3-2-7(6)5-10/h5-7H,4H2,1-3H3;3-5H,1-2H3;3-5,10H,6H2,1-2H3;2-4,10H,1H3;2-4,10H,5H2,1H3. The molecule has 0 spiro atoms. The van der Waals surface area contributed by atoms with Gasteiger partial charge in [0.05, 0.1) is 33.0 Å². The molecule has 5 aromatic rings. The van der Waals surface area contributed by atoms with Crippen LogP contribution in [0.25, 0.3) is 0 Å². The zero-order chi connectivity index (χ0) is 41.0. The molecule has 0 radical (unpaired) electrons. The van der Waals surface area contributed by atoms with Gasteiger partial charge >= 0.3 is 11.9 Å². The Morgan fingerprint density at radius 3 is 1.28 bits per heavy atom. The van der Waals surface area contributed by atoms with Crippen LogP contribution in [0, 0.1) is 52.3 Å². The number of aliphatic hydroxyl groups is 2. The van der Waals surface area contributed by atoms with Crippen LogP contribution in [-0.4, -0.2) is 41.5 Å². The van der Waals surface area contributed by atoms with E-state index in [0.29, 0.717) is 5.56 Å². The summed E-state index contributed by atoms with van der Waals surface area (Å²) in [6, 6.07) is 29.1. The Morgan fingerprint density at radius 1 is 0.519 bits per heavy atom. The number of esters is 2. The van der Waals surface area contributed by atoms with E-state index in [0.717, 1.165) is 35.8 Å². The molecule has 0 unspecified atom stereocenters. The Hall–Kier alpha value is -3.05. The highest BCUT2D eigenvalue weighted by Gasteiger charge is 2.10. The van der Waals surface area contributed by atoms with Crippen LogP contribution in [0.1, 0.15) is 77.7 Å². The molecule has 54 heavy (non-hydrogen) atoms. The van der Waals surface area contributed by atoms with Gasteiger partial charge in [-0.05, 0) is 203 Å². The molecular formula is C44H51I3O7. The van der Waals surface area contributed by atoms with Crippen LogP contribution in [-0.2, 0) is 29.1 Å². The van der Waals surface area contributed by atoms with Crippen molar-refractivity contribution in [1.82, 2.24) is 0 Å². The van der Waals surface area contributed by atoms with Crippen LogP contribution >= 0.6 is 67.8 Å². The molecule has 0 aliphatic heterocycles. The number of phenols is 1. The molecule has 290 valence electrons. The first-order valence-electron chi connectivity index (χ1n) is 17.0. The number of aryl methyl sites for hydroxylation is 7. The van der Waals surface area contributed by atoms with Crippen molar-refractivity contribution in [2.24, 2.45) is 0 Å². The molecule has 0 bridgehead atoms. The molecule has 0 saturated carbocycles. The zero-order valence-electron chi connectivity index (χ0n) is 32.4. The molecule has 0 saturated heterocycles. The van der Waals surface area contributed by atoms with Crippen LogP contribution in [0.3, 0.4) is 0 Å². The highest BCUT2D eigenvalue weighted by atomic mass is 127. The lowest BCUT2D eigenvalue weighted by Crippen LogP contribution is -2.03. The average Bonchev–Trinajstić information content (AvgIpc) is 3.12. The number of carbonyl (C=O) groups excluding carboxylic acids is 2. The van der Waals surface area contributed by atoms with Crippen LogP contribution in [0.2, 0.25) is 0 Å². The fraction of sp³-hybridized carbons (Fsp3) is 0.273. The molecule has 0 aliphatic rings. The molecule has 0 fully saturated rings. The van der Waals surface area contributed by atoms with E-state index in [9.17, 15) is 14.7 Å². The number of carbonyl (C=O) groups is 2. The van der Waals surface area contributed by atoms with E-state index in [1.165, 1.54) is 57.7 Å². The molecule has 0 heterocycles. The van der Waals surface area contributed by atoms with E-state index < -0.39 is 5.97 Å². The van der Waals surface area contributed by atoms with Crippen LogP contribution < -0.4 is 0 Å². The molecule has 5 aromatic carbocycles. The number of rotatable bonds is 5. The topological polar surface area (TPSA) is 113 Å². The lowest BCUT2D eigenvalue weighted by molar-refractivity contribution is 0.0589. The van der Waals surface area contributed by atoms with Gasteiger partial charge in [-0.25, -0.2) is 9.59 Å². The van der Waals surface area contributed by atoms with Gasteiger partial charge in [-0.15, -0.1) is 0 Å². The van der Waals surface area contributed by atoms with Crippen LogP contribution in [0.4, 0.5) is 0 Å². The maximum absolute atomic E-state index is 11.1. The van der Waals surface area contributed by atoms with Crippen molar-refractivity contribution in [3.05, 3.63) is 163 Å². The molecule has 0 amide bonds. The van der Waals surface area contributed by atoms with E-state index in [1.54, 1.807) is 12.1 Å².